The van der Waals surface area contributed by atoms with Gasteiger partial charge < -0.3 is 15.0 Å². The van der Waals surface area contributed by atoms with Crippen molar-refractivity contribution in [1.29, 1.82) is 0 Å². The number of anilines is 2. The van der Waals surface area contributed by atoms with Gasteiger partial charge in [0.15, 0.2) is 6.61 Å². The highest BCUT2D eigenvalue weighted by molar-refractivity contribution is 6.31. The quantitative estimate of drug-likeness (QED) is 0.806. The third-order valence-electron chi connectivity index (χ3n) is 5.26. The van der Waals surface area contributed by atoms with E-state index in [0.29, 0.717) is 35.2 Å². The molecule has 0 radical (unpaired) electrons. The Morgan fingerprint density at radius 3 is 2.79 bits per heavy atom. The number of carbonyl (C=O) groups is 3. The first kappa shape index (κ1) is 19.3. The number of amides is 3. The number of aromatic nitrogens is 2. The first-order valence-electron chi connectivity index (χ1n) is 9.13. The van der Waals surface area contributed by atoms with Crippen molar-refractivity contribution in [1.82, 2.24) is 14.7 Å². The smallest absolute Gasteiger partial charge is 0.265 e. The largest absolute Gasteiger partial charge is 0.482 e. The minimum absolute atomic E-state index is 0.119. The topological polar surface area (TPSA) is 96.8 Å². The number of benzene rings is 1. The lowest BCUT2D eigenvalue weighted by atomic mass is 9.99. The predicted molar refractivity (Wildman–Crippen MR) is 106 cm³/mol. The van der Waals surface area contributed by atoms with Gasteiger partial charge in [-0.25, -0.2) is 0 Å². The normalized spacial score (nSPS) is 16.2. The average molecular weight is 418 g/mol. The van der Waals surface area contributed by atoms with Crippen LogP contribution >= 0.6 is 11.6 Å². The summed E-state index contributed by atoms with van der Waals surface area (Å²) in [6.45, 7) is 2.24. The third-order valence-corrected chi connectivity index (χ3v) is 5.49. The first-order valence-corrected chi connectivity index (χ1v) is 9.51. The maximum absolute atomic E-state index is 12.6. The highest BCUT2D eigenvalue weighted by atomic mass is 35.5. The lowest BCUT2D eigenvalue weighted by molar-refractivity contribution is -0.141. The van der Waals surface area contributed by atoms with Crippen LogP contribution in [0.3, 0.4) is 0 Å². The van der Waals surface area contributed by atoms with Crippen molar-refractivity contribution < 1.29 is 19.1 Å². The molecular weight excluding hydrogens is 398 g/mol. The summed E-state index contributed by atoms with van der Waals surface area (Å²) in [4.78, 5) is 40.2. The van der Waals surface area contributed by atoms with Gasteiger partial charge in [-0.05, 0) is 25.1 Å². The summed E-state index contributed by atoms with van der Waals surface area (Å²) in [5.41, 5.74) is 1.99. The Bertz CT molecular complexity index is 998. The minimum atomic E-state index is -0.310. The Balaban J connectivity index is 1.35. The van der Waals surface area contributed by atoms with Crippen molar-refractivity contribution in [2.45, 2.75) is 6.92 Å². The third kappa shape index (κ3) is 3.65. The molecule has 0 aliphatic carbocycles. The molecule has 10 heteroatoms. The van der Waals surface area contributed by atoms with E-state index in [1.165, 1.54) is 4.90 Å². The van der Waals surface area contributed by atoms with E-state index in [9.17, 15) is 14.4 Å². The van der Waals surface area contributed by atoms with Crippen molar-refractivity contribution in [3.8, 4) is 5.75 Å². The fourth-order valence-electron chi connectivity index (χ4n) is 3.29. The SMILES string of the molecule is Cc1c(NC(=O)C2CN(C(=O)CN3C(=O)COc4ccc(Cl)cc43)C2)cnn1C. The van der Waals surface area contributed by atoms with Crippen molar-refractivity contribution in [2.24, 2.45) is 13.0 Å². The lowest BCUT2D eigenvalue weighted by Crippen LogP contribution is -2.57. The molecule has 9 nitrogen and oxygen atoms in total. The Hall–Kier alpha value is -3.07. The molecule has 2 aliphatic rings. The highest BCUT2D eigenvalue weighted by Gasteiger charge is 2.38. The molecule has 1 aromatic carbocycles. The molecule has 2 aromatic rings. The van der Waals surface area contributed by atoms with Gasteiger partial charge in [-0.1, -0.05) is 11.6 Å². The van der Waals surface area contributed by atoms with Crippen LogP contribution in [0.1, 0.15) is 5.69 Å². The summed E-state index contributed by atoms with van der Waals surface area (Å²) < 4.78 is 7.06. The summed E-state index contributed by atoms with van der Waals surface area (Å²) in [6, 6.07) is 4.94. The summed E-state index contributed by atoms with van der Waals surface area (Å²) in [7, 11) is 1.80. The minimum Gasteiger partial charge on any atom is -0.482 e. The molecule has 0 spiro atoms. The monoisotopic (exact) mass is 417 g/mol. The number of carbonyl (C=O) groups excluding carboxylic acids is 3. The van der Waals surface area contributed by atoms with Gasteiger partial charge in [0, 0.05) is 25.2 Å². The zero-order valence-electron chi connectivity index (χ0n) is 16.0. The number of fused-ring (bicyclic) bond motifs is 1. The van der Waals surface area contributed by atoms with Gasteiger partial charge >= 0.3 is 0 Å². The van der Waals surface area contributed by atoms with Crippen LogP contribution in [0.15, 0.2) is 24.4 Å². The number of aryl methyl sites for hydroxylation is 1. The number of rotatable bonds is 4. The second-order valence-corrected chi connectivity index (χ2v) is 7.57. The predicted octanol–water partition coefficient (Wildman–Crippen LogP) is 1.20. The average Bonchev–Trinajstić information content (AvgIpc) is 2.95. The van der Waals surface area contributed by atoms with E-state index in [-0.39, 0.29) is 36.8 Å². The number of hydrogen-bond acceptors (Lipinski definition) is 5. The molecule has 1 N–H and O–H groups in total. The number of nitrogens with one attached hydrogen (secondary N) is 1. The Morgan fingerprint density at radius 1 is 1.34 bits per heavy atom. The molecule has 0 saturated carbocycles. The fraction of sp³-hybridized carbons (Fsp3) is 0.368. The molecule has 2 aliphatic heterocycles. The second-order valence-electron chi connectivity index (χ2n) is 7.13. The van der Waals surface area contributed by atoms with Crippen molar-refractivity contribution in [3.05, 3.63) is 35.1 Å². The maximum Gasteiger partial charge on any atom is 0.265 e. The molecule has 29 heavy (non-hydrogen) atoms. The lowest BCUT2D eigenvalue weighted by Gasteiger charge is -2.39. The van der Waals surface area contributed by atoms with E-state index in [1.54, 1.807) is 41.0 Å². The maximum atomic E-state index is 12.6. The summed E-state index contributed by atoms with van der Waals surface area (Å²) in [5, 5.41) is 7.39. The van der Waals surface area contributed by atoms with E-state index in [2.05, 4.69) is 10.4 Å². The van der Waals surface area contributed by atoms with Crippen LogP contribution in [0.4, 0.5) is 11.4 Å². The van der Waals surface area contributed by atoms with Crippen molar-refractivity contribution in [2.75, 3.05) is 36.5 Å². The van der Waals surface area contributed by atoms with Crippen LogP contribution in [0.25, 0.3) is 0 Å². The Morgan fingerprint density at radius 2 is 2.10 bits per heavy atom. The number of halogens is 1. The standard InChI is InChI=1S/C19H20ClN5O4/c1-11-14(6-21-23(11)2)22-19(28)12-7-24(8-12)17(26)9-25-15-5-13(20)3-4-16(15)29-10-18(25)27/h3-6,12H,7-10H2,1-2H3,(H,22,28). The molecule has 3 heterocycles. The number of likely N-dealkylation sites (tertiary alicyclic amines) is 1. The van der Waals surface area contributed by atoms with Crippen LogP contribution in [0.2, 0.25) is 5.02 Å². The number of ether oxygens (including phenoxy) is 1. The van der Waals surface area contributed by atoms with E-state index in [4.69, 9.17) is 16.3 Å². The molecule has 0 unspecified atom stereocenters. The van der Waals surface area contributed by atoms with Crippen LogP contribution in [-0.2, 0) is 21.4 Å². The summed E-state index contributed by atoms with van der Waals surface area (Å²) >= 11 is 6.02. The second kappa shape index (κ2) is 7.40. The fourth-order valence-corrected chi connectivity index (χ4v) is 3.45. The number of hydrogen-bond donors (Lipinski definition) is 1. The van der Waals surface area contributed by atoms with E-state index in [0.717, 1.165) is 5.69 Å². The molecule has 152 valence electrons. The van der Waals surface area contributed by atoms with Gasteiger partial charge in [-0.2, -0.15) is 5.10 Å². The Labute approximate surface area is 172 Å². The molecule has 1 saturated heterocycles. The van der Waals surface area contributed by atoms with Crippen LogP contribution in [0.5, 0.6) is 5.75 Å². The molecule has 0 atom stereocenters. The van der Waals surface area contributed by atoms with E-state index >= 15 is 0 Å². The molecular formula is C19H20ClN5O4. The molecule has 1 fully saturated rings. The molecule has 4 rings (SSSR count). The van der Waals surface area contributed by atoms with Gasteiger partial charge in [0.2, 0.25) is 11.8 Å². The van der Waals surface area contributed by atoms with Crippen molar-refractivity contribution >= 4 is 40.7 Å². The number of nitrogens with zero attached hydrogens (tertiary/aromatic N) is 4. The van der Waals surface area contributed by atoms with Crippen LogP contribution < -0.4 is 15.0 Å². The van der Waals surface area contributed by atoms with Crippen molar-refractivity contribution in [3.63, 3.8) is 0 Å². The summed E-state index contributed by atoms with van der Waals surface area (Å²) in [6.07, 6.45) is 1.60. The first-order chi connectivity index (χ1) is 13.8. The van der Waals surface area contributed by atoms with Gasteiger partial charge in [0.05, 0.1) is 29.2 Å². The zero-order chi connectivity index (χ0) is 20.7. The Kier molecular flexibility index (Phi) is 4.91. The van der Waals surface area contributed by atoms with Gasteiger partial charge in [-0.15, -0.1) is 0 Å². The zero-order valence-corrected chi connectivity index (χ0v) is 16.8. The van der Waals surface area contributed by atoms with E-state index in [1.807, 2.05) is 6.92 Å². The van der Waals surface area contributed by atoms with Gasteiger partial charge in [0.1, 0.15) is 12.3 Å². The van der Waals surface area contributed by atoms with Gasteiger partial charge in [0.25, 0.3) is 5.91 Å². The molecule has 1 aromatic heterocycles. The van der Waals surface area contributed by atoms with E-state index < -0.39 is 0 Å². The van der Waals surface area contributed by atoms with Gasteiger partial charge in [-0.3, -0.25) is 24.0 Å². The van der Waals surface area contributed by atoms with Crippen LogP contribution in [-0.4, -0.2) is 58.6 Å². The van der Waals surface area contributed by atoms with Crippen LogP contribution in [0, 0.1) is 12.8 Å². The molecule has 0 bridgehead atoms. The highest BCUT2D eigenvalue weighted by Crippen LogP contribution is 2.34. The molecule has 3 amide bonds. The summed E-state index contributed by atoms with van der Waals surface area (Å²) in [5.74, 6) is -0.470.